The number of ketones is 2. The Morgan fingerprint density at radius 3 is 2.23 bits per heavy atom. The highest BCUT2D eigenvalue weighted by Crippen LogP contribution is 2.34. The van der Waals surface area contributed by atoms with Crippen LogP contribution in [-0.4, -0.2) is 11.6 Å². The SMILES string of the molecule is C#CCC1C(=O)CC(C)(C)CC1=O. The Morgan fingerprint density at radius 1 is 1.38 bits per heavy atom. The van der Waals surface area contributed by atoms with Gasteiger partial charge in [-0.2, -0.15) is 0 Å². The molecule has 13 heavy (non-hydrogen) atoms. The van der Waals surface area contributed by atoms with E-state index in [1.807, 2.05) is 13.8 Å². The summed E-state index contributed by atoms with van der Waals surface area (Å²) in [4.78, 5) is 23.0. The van der Waals surface area contributed by atoms with Crippen LogP contribution in [0.1, 0.15) is 33.1 Å². The molecule has 2 heteroatoms. The van der Waals surface area contributed by atoms with Crippen molar-refractivity contribution in [2.24, 2.45) is 11.3 Å². The second-order valence-corrected chi connectivity index (χ2v) is 4.41. The molecule has 0 aromatic rings. The molecule has 2 nitrogen and oxygen atoms in total. The molecule has 0 heterocycles. The zero-order valence-electron chi connectivity index (χ0n) is 8.09. The van der Waals surface area contributed by atoms with E-state index < -0.39 is 5.92 Å². The summed E-state index contributed by atoms with van der Waals surface area (Å²) in [6, 6.07) is 0. The molecule has 1 saturated carbocycles. The molecule has 1 fully saturated rings. The highest BCUT2D eigenvalue weighted by Gasteiger charge is 2.38. The third kappa shape index (κ3) is 2.18. The predicted octanol–water partition coefficient (Wildman–Crippen LogP) is 1.58. The summed E-state index contributed by atoms with van der Waals surface area (Å²) in [6.07, 6.45) is 6.32. The largest absolute Gasteiger partial charge is 0.299 e. The molecule has 0 unspecified atom stereocenters. The van der Waals surface area contributed by atoms with E-state index in [1.165, 1.54) is 0 Å². The Kier molecular flexibility index (Phi) is 2.56. The zero-order chi connectivity index (χ0) is 10.1. The summed E-state index contributed by atoms with van der Waals surface area (Å²) in [5.41, 5.74) is -0.167. The van der Waals surface area contributed by atoms with Crippen molar-refractivity contribution in [2.75, 3.05) is 0 Å². The van der Waals surface area contributed by atoms with E-state index in [1.54, 1.807) is 0 Å². The van der Waals surface area contributed by atoms with Crippen molar-refractivity contribution < 1.29 is 9.59 Å². The van der Waals surface area contributed by atoms with Crippen molar-refractivity contribution in [3.8, 4) is 12.3 Å². The van der Waals surface area contributed by atoms with Crippen molar-refractivity contribution in [2.45, 2.75) is 33.1 Å². The molecule has 1 aliphatic rings. The van der Waals surface area contributed by atoms with Crippen molar-refractivity contribution in [3.63, 3.8) is 0 Å². The third-order valence-electron chi connectivity index (χ3n) is 2.40. The number of terminal acetylenes is 1. The lowest BCUT2D eigenvalue weighted by molar-refractivity contribution is -0.139. The summed E-state index contributed by atoms with van der Waals surface area (Å²) in [5, 5.41) is 0. The van der Waals surface area contributed by atoms with Crippen LogP contribution in [0.15, 0.2) is 0 Å². The summed E-state index contributed by atoms with van der Waals surface area (Å²) in [6.45, 7) is 3.88. The average molecular weight is 178 g/mol. The maximum absolute atomic E-state index is 11.5. The molecule has 1 rings (SSSR count). The van der Waals surface area contributed by atoms with Gasteiger partial charge in [-0.3, -0.25) is 9.59 Å². The lowest BCUT2D eigenvalue weighted by Crippen LogP contribution is -2.37. The van der Waals surface area contributed by atoms with E-state index in [-0.39, 0.29) is 23.4 Å². The predicted molar refractivity (Wildman–Crippen MR) is 50.0 cm³/mol. The Hall–Kier alpha value is -1.10. The van der Waals surface area contributed by atoms with E-state index in [4.69, 9.17) is 6.42 Å². The zero-order valence-corrected chi connectivity index (χ0v) is 8.09. The van der Waals surface area contributed by atoms with Gasteiger partial charge in [-0.1, -0.05) is 13.8 Å². The normalized spacial score (nSPS) is 22.8. The molecule has 0 amide bonds. The Labute approximate surface area is 78.7 Å². The van der Waals surface area contributed by atoms with Gasteiger partial charge in [-0.15, -0.1) is 12.3 Å². The number of hydrogen-bond donors (Lipinski definition) is 0. The average Bonchev–Trinajstić information content (AvgIpc) is 1.94. The van der Waals surface area contributed by atoms with Gasteiger partial charge < -0.3 is 0 Å². The molecule has 0 saturated heterocycles. The molecule has 0 radical (unpaired) electrons. The molecule has 0 aromatic heterocycles. The van der Waals surface area contributed by atoms with Gasteiger partial charge in [0.2, 0.25) is 0 Å². The maximum Gasteiger partial charge on any atom is 0.144 e. The fourth-order valence-electron chi connectivity index (χ4n) is 1.78. The summed E-state index contributed by atoms with van der Waals surface area (Å²) < 4.78 is 0. The van der Waals surface area contributed by atoms with Crippen LogP contribution in [-0.2, 0) is 9.59 Å². The van der Waals surface area contributed by atoms with Gasteiger partial charge in [0, 0.05) is 19.3 Å². The Morgan fingerprint density at radius 2 is 1.85 bits per heavy atom. The number of carbonyl (C=O) groups excluding carboxylic acids is 2. The van der Waals surface area contributed by atoms with Crippen molar-refractivity contribution in [1.29, 1.82) is 0 Å². The van der Waals surface area contributed by atoms with E-state index in [2.05, 4.69) is 5.92 Å². The van der Waals surface area contributed by atoms with Gasteiger partial charge in [-0.05, 0) is 5.41 Å². The molecule has 0 aromatic carbocycles. The van der Waals surface area contributed by atoms with Gasteiger partial charge in [0.1, 0.15) is 11.6 Å². The van der Waals surface area contributed by atoms with Crippen LogP contribution < -0.4 is 0 Å². The lowest BCUT2D eigenvalue weighted by Gasteiger charge is -2.31. The molecule has 70 valence electrons. The minimum Gasteiger partial charge on any atom is -0.299 e. The number of hydrogen-bond acceptors (Lipinski definition) is 2. The number of carbonyl (C=O) groups is 2. The molecule has 0 atom stereocenters. The summed E-state index contributed by atoms with van der Waals surface area (Å²) in [5.74, 6) is 1.89. The first-order chi connectivity index (χ1) is 5.96. The highest BCUT2D eigenvalue weighted by atomic mass is 16.2. The summed E-state index contributed by atoms with van der Waals surface area (Å²) >= 11 is 0. The topological polar surface area (TPSA) is 34.1 Å². The molecule has 1 aliphatic carbocycles. The molecule has 0 spiro atoms. The van der Waals surface area contributed by atoms with Crippen LogP contribution in [0.25, 0.3) is 0 Å². The minimum absolute atomic E-state index is 0.0131. The lowest BCUT2D eigenvalue weighted by atomic mass is 9.71. The molecule has 0 N–H and O–H groups in total. The van der Waals surface area contributed by atoms with Crippen molar-refractivity contribution >= 4 is 11.6 Å². The van der Waals surface area contributed by atoms with Gasteiger partial charge in [-0.25, -0.2) is 0 Å². The first kappa shape index (κ1) is 9.98. The maximum atomic E-state index is 11.5. The molecule has 0 aliphatic heterocycles. The van der Waals surface area contributed by atoms with E-state index >= 15 is 0 Å². The summed E-state index contributed by atoms with van der Waals surface area (Å²) in [7, 11) is 0. The Balaban J connectivity index is 2.78. The van der Waals surface area contributed by atoms with Gasteiger partial charge >= 0.3 is 0 Å². The van der Waals surface area contributed by atoms with Crippen molar-refractivity contribution in [3.05, 3.63) is 0 Å². The first-order valence-electron chi connectivity index (χ1n) is 4.45. The standard InChI is InChI=1S/C11H14O2/c1-4-5-8-9(12)6-11(2,3)7-10(8)13/h1,8H,5-7H2,2-3H3. The molecule has 0 bridgehead atoms. The number of Topliss-reactive ketones (excluding diaryl/α,β-unsaturated/α-hetero) is 2. The third-order valence-corrected chi connectivity index (χ3v) is 2.40. The first-order valence-corrected chi connectivity index (χ1v) is 4.45. The van der Waals surface area contributed by atoms with Crippen LogP contribution in [0.5, 0.6) is 0 Å². The smallest absolute Gasteiger partial charge is 0.144 e. The molecular weight excluding hydrogens is 164 g/mol. The minimum atomic E-state index is -0.516. The van der Waals surface area contributed by atoms with E-state index in [0.29, 0.717) is 12.8 Å². The fraction of sp³-hybridized carbons (Fsp3) is 0.636. The van der Waals surface area contributed by atoms with E-state index in [9.17, 15) is 9.59 Å². The highest BCUT2D eigenvalue weighted by molar-refractivity contribution is 6.05. The van der Waals surface area contributed by atoms with Crippen LogP contribution in [0, 0.1) is 23.7 Å². The number of rotatable bonds is 1. The van der Waals surface area contributed by atoms with Crippen molar-refractivity contribution in [1.82, 2.24) is 0 Å². The van der Waals surface area contributed by atoms with Crippen LogP contribution in [0.2, 0.25) is 0 Å². The van der Waals surface area contributed by atoms with E-state index in [0.717, 1.165) is 0 Å². The fourth-order valence-corrected chi connectivity index (χ4v) is 1.78. The second kappa shape index (κ2) is 3.33. The second-order valence-electron chi connectivity index (χ2n) is 4.41. The van der Waals surface area contributed by atoms with Gasteiger partial charge in [0.05, 0.1) is 5.92 Å². The quantitative estimate of drug-likeness (QED) is 0.451. The van der Waals surface area contributed by atoms with Gasteiger partial charge in [0.15, 0.2) is 0 Å². The molecular formula is C11H14O2. The van der Waals surface area contributed by atoms with Crippen LogP contribution >= 0.6 is 0 Å². The van der Waals surface area contributed by atoms with Crippen LogP contribution in [0.3, 0.4) is 0 Å². The van der Waals surface area contributed by atoms with Crippen LogP contribution in [0.4, 0.5) is 0 Å². The monoisotopic (exact) mass is 178 g/mol. The van der Waals surface area contributed by atoms with Gasteiger partial charge in [0.25, 0.3) is 0 Å². The Bertz CT molecular complexity index is 261.